The lowest BCUT2D eigenvalue weighted by Gasteiger charge is -2.44. The maximum absolute atomic E-state index is 13.1. The number of aliphatic hydroxyl groups excluding tert-OH is 3. The standard InChI is InChI=1S/C45H83O19P3/c1-3-5-7-9-11-13-15-17-19-21-23-25-27-29-31-33-38(46)59-35-37(61-39(47)34-32-30-28-26-24-22-20-18-16-14-12-10-8-6-4-2)36-60-67(57,58)64-43-40(48)41(49)44(62-65(51,52)53)45(42(43)50)63-66(54,55)56/h12,14,17-20,37,40-45,48-50H,3-11,13,15-16,21-36H2,1-2H3,(H,57,58)(H2,51,52,53)(H2,54,55,56)/t37-,40?,41?,42?,43+,44?,45+/m1/s1. The zero-order valence-corrected chi connectivity index (χ0v) is 42.4. The normalized spacial score (nSPS) is 21.9. The van der Waals surface area contributed by atoms with E-state index < -0.39 is 91.3 Å². The monoisotopic (exact) mass is 1020 g/mol. The van der Waals surface area contributed by atoms with Crippen LogP contribution in [0.25, 0.3) is 0 Å². The molecule has 0 amide bonds. The number of hydrogen-bond donors (Lipinski definition) is 8. The summed E-state index contributed by atoms with van der Waals surface area (Å²) in [4.78, 5) is 73.2. The van der Waals surface area contributed by atoms with Gasteiger partial charge in [0, 0.05) is 12.8 Å². The maximum atomic E-state index is 13.1. The van der Waals surface area contributed by atoms with E-state index >= 15 is 0 Å². The van der Waals surface area contributed by atoms with E-state index in [2.05, 4.69) is 59.4 Å². The minimum absolute atomic E-state index is 0.0195. The van der Waals surface area contributed by atoms with Crippen LogP contribution in [0.3, 0.4) is 0 Å². The van der Waals surface area contributed by atoms with E-state index in [-0.39, 0.29) is 12.8 Å². The van der Waals surface area contributed by atoms with Crippen LogP contribution in [-0.2, 0) is 50.9 Å². The van der Waals surface area contributed by atoms with E-state index in [9.17, 15) is 63.1 Å². The van der Waals surface area contributed by atoms with Gasteiger partial charge in [-0.2, -0.15) is 0 Å². The topological polar surface area (TPSA) is 303 Å². The van der Waals surface area contributed by atoms with Crippen molar-refractivity contribution in [2.24, 2.45) is 0 Å². The van der Waals surface area contributed by atoms with Crippen molar-refractivity contribution in [3.8, 4) is 0 Å². The minimum Gasteiger partial charge on any atom is -0.462 e. The van der Waals surface area contributed by atoms with E-state index in [1.165, 1.54) is 57.8 Å². The Hall–Kier alpha value is -1.63. The highest BCUT2D eigenvalue weighted by atomic mass is 31.2. The molecule has 22 heteroatoms. The summed E-state index contributed by atoms with van der Waals surface area (Å²) in [6, 6.07) is 0. The molecule has 1 fully saturated rings. The molecule has 1 aliphatic rings. The first-order chi connectivity index (χ1) is 31.8. The van der Waals surface area contributed by atoms with Crippen LogP contribution >= 0.6 is 23.5 Å². The number of carbonyl (C=O) groups is 2. The van der Waals surface area contributed by atoms with Gasteiger partial charge < -0.3 is 49.3 Å². The smallest absolute Gasteiger partial charge is 0.462 e. The fraction of sp³-hybridized carbons (Fsp3) is 0.822. The third-order valence-electron chi connectivity index (χ3n) is 10.9. The average molecular weight is 1020 g/mol. The number of phosphoric acid groups is 3. The molecule has 0 aromatic carbocycles. The number of allylic oxidation sites excluding steroid dienone is 6. The molecule has 392 valence electrons. The lowest BCUT2D eigenvalue weighted by atomic mass is 9.85. The van der Waals surface area contributed by atoms with Crippen LogP contribution in [0.4, 0.5) is 0 Å². The Labute approximate surface area is 398 Å². The lowest BCUT2D eigenvalue weighted by molar-refractivity contribution is -0.213. The molecule has 8 N–H and O–H groups in total. The predicted octanol–water partition coefficient (Wildman–Crippen LogP) is 8.85. The molecule has 0 bridgehead atoms. The van der Waals surface area contributed by atoms with Gasteiger partial charge >= 0.3 is 35.4 Å². The molecule has 67 heavy (non-hydrogen) atoms. The van der Waals surface area contributed by atoms with Gasteiger partial charge in [-0.05, 0) is 70.6 Å². The lowest BCUT2D eigenvalue weighted by Crippen LogP contribution is -2.65. The summed E-state index contributed by atoms with van der Waals surface area (Å²) in [7, 11) is -16.6. The Morgan fingerprint density at radius 1 is 0.478 bits per heavy atom. The van der Waals surface area contributed by atoms with Crippen molar-refractivity contribution in [3.63, 3.8) is 0 Å². The molecule has 0 aromatic heterocycles. The number of esters is 2. The number of rotatable bonds is 41. The summed E-state index contributed by atoms with van der Waals surface area (Å²) >= 11 is 0. The van der Waals surface area contributed by atoms with Crippen molar-refractivity contribution in [1.82, 2.24) is 0 Å². The average Bonchev–Trinajstić information content (AvgIpc) is 3.25. The van der Waals surface area contributed by atoms with Crippen molar-refractivity contribution in [3.05, 3.63) is 36.5 Å². The van der Waals surface area contributed by atoms with Crippen LogP contribution in [0.2, 0.25) is 0 Å². The number of unbranched alkanes of at least 4 members (excludes halogenated alkanes) is 19. The highest BCUT2D eigenvalue weighted by Crippen LogP contribution is 2.51. The second-order valence-electron chi connectivity index (χ2n) is 17.0. The molecule has 0 aromatic rings. The molecule has 0 radical (unpaired) electrons. The SMILES string of the molecule is CCCCCC=CCC=CCCCCCCCC(=O)O[C@H](COC(=O)CCCCCCCC=CCCCCCCCC)COP(=O)(O)O[C@H]1C(O)C(O)C(OP(=O)(O)O)[C@@H](OP(=O)(O)O)C1O. The van der Waals surface area contributed by atoms with Crippen LogP contribution in [0.5, 0.6) is 0 Å². The summed E-state index contributed by atoms with van der Waals surface area (Å²) in [6.45, 7) is 2.90. The van der Waals surface area contributed by atoms with Gasteiger partial charge in [-0.1, -0.05) is 134 Å². The van der Waals surface area contributed by atoms with Crippen LogP contribution in [-0.4, -0.2) is 108 Å². The summed E-state index contributed by atoms with van der Waals surface area (Å²) in [5.74, 6) is -1.32. The molecule has 1 saturated carbocycles. The number of carbonyl (C=O) groups excluding carboxylic acids is 2. The zero-order valence-electron chi connectivity index (χ0n) is 39.7. The van der Waals surface area contributed by atoms with E-state index in [4.69, 9.17) is 18.5 Å². The van der Waals surface area contributed by atoms with Crippen LogP contribution in [0.15, 0.2) is 36.5 Å². The quantitative estimate of drug-likeness (QED) is 0.0123. The Kier molecular flexibility index (Phi) is 35.2. The van der Waals surface area contributed by atoms with Gasteiger partial charge in [0.1, 0.15) is 43.2 Å². The van der Waals surface area contributed by atoms with E-state index in [0.717, 1.165) is 83.5 Å². The molecular formula is C45H83O19P3. The fourth-order valence-corrected chi connectivity index (χ4v) is 9.35. The Bertz CT molecular complexity index is 1550. The summed E-state index contributed by atoms with van der Waals surface area (Å²) < 4.78 is 65.5. The van der Waals surface area contributed by atoms with Crippen LogP contribution in [0, 0.1) is 0 Å². The summed E-state index contributed by atoms with van der Waals surface area (Å²) in [5.41, 5.74) is 0. The zero-order chi connectivity index (χ0) is 50.0. The van der Waals surface area contributed by atoms with Crippen molar-refractivity contribution in [1.29, 1.82) is 0 Å². The number of hydrogen-bond acceptors (Lipinski definition) is 14. The van der Waals surface area contributed by atoms with Crippen molar-refractivity contribution in [2.45, 2.75) is 224 Å². The first-order valence-electron chi connectivity index (χ1n) is 24.3. The first kappa shape index (κ1) is 63.4. The molecule has 8 atom stereocenters. The Morgan fingerprint density at radius 3 is 1.36 bits per heavy atom. The third-order valence-corrected chi connectivity index (χ3v) is 12.9. The second kappa shape index (κ2) is 37.2. The summed E-state index contributed by atoms with van der Waals surface area (Å²) in [5, 5.41) is 31.9. The molecule has 0 saturated heterocycles. The van der Waals surface area contributed by atoms with Crippen LogP contribution in [0.1, 0.15) is 181 Å². The molecule has 0 spiro atoms. The van der Waals surface area contributed by atoms with E-state index in [1.807, 2.05) is 0 Å². The van der Waals surface area contributed by atoms with E-state index in [0.29, 0.717) is 12.8 Å². The Morgan fingerprint density at radius 2 is 0.866 bits per heavy atom. The van der Waals surface area contributed by atoms with Gasteiger partial charge in [-0.3, -0.25) is 27.7 Å². The highest BCUT2D eigenvalue weighted by molar-refractivity contribution is 7.47. The van der Waals surface area contributed by atoms with Gasteiger partial charge in [0.15, 0.2) is 6.10 Å². The molecule has 19 nitrogen and oxygen atoms in total. The largest absolute Gasteiger partial charge is 0.472 e. The van der Waals surface area contributed by atoms with Crippen LogP contribution < -0.4 is 0 Å². The van der Waals surface area contributed by atoms with Crippen molar-refractivity contribution >= 4 is 35.4 Å². The van der Waals surface area contributed by atoms with Crippen molar-refractivity contribution in [2.75, 3.05) is 13.2 Å². The third kappa shape index (κ3) is 33.6. The molecular weight excluding hydrogens is 937 g/mol. The van der Waals surface area contributed by atoms with Gasteiger partial charge in [-0.15, -0.1) is 0 Å². The fourth-order valence-electron chi connectivity index (χ4n) is 7.25. The predicted molar refractivity (Wildman–Crippen MR) is 252 cm³/mol. The summed E-state index contributed by atoms with van der Waals surface area (Å²) in [6.07, 6.45) is 21.6. The second-order valence-corrected chi connectivity index (χ2v) is 20.8. The van der Waals surface area contributed by atoms with Gasteiger partial charge in [0.25, 0.3) is 0 Å². The minimum atomic E-state index is -5.60. The van der Waals surface area contributed by atoms with Gasteiger partial charge in [0.2, 0.25) is 0 Å². The molecule has 5 unspecified atom stereocenters. The number of aliphatic hydroxyl groups is 3. The van der Waals surface area contributed by atoms with Crippen molar-refractivity contribution < 1.29 is 90.6 Å². The molecule has 0 heterocycles. The molecule has 0 aliphatic heterocycles. The van der Waals surface area contributed by atoms with Gasteiger partial charge in [-0.25, -0.2) is 13.7 Å². The number of ether oxygens (including phenoxy) is 2. The van der Waals surface area contributed by atoms with E-state index in [1.54, 1.807) is 0 Å². The first-order valence-corrected chi connectivity index (χ1v) is 28.8. The maximum Gasteiger partial charge on any atom is 0.472 e. The molecule has 1 aliphatic carbocycles. The highest BCUT2D eigenvalue weighted by Gasteiger charge is 2.56. The number of phosphoric ester groups is 3. The molecule has 1 rings (SSSR count). The Balaban J connectivity index is 2.74. The van der Waals surface area contributed by atoms with Gasteiger partial charge in [0.05, 0.1) is 6.61 Å².